The van der Waals surface area contributed by atoms with Crippen LogP contribution in [0.1, 0.15) is 37.9 Å². The van der Waals surface area contributed by atoms with Gasteiger partial charge in [0.25, 0.3) is 5.91 Å². The van der Waals surface area contributed by atoms with Crippen LogP contribution in [-0.2, 0) is 11.2 Å². The largest absolute Gasteiger partial charge is 0.493 e. The molecule has 1 unspecified atom stereocenters. The lowest BCUT2D eigenvalue weighted by Gasteiger charge is -2.37. The van der Waals surface area contributed by atoms with Crippen LogP contribution in [-0.4, -0.2) is 51.3 Å². The summed E-state index contributed by atoms with van der Waals surface area (Å²) in [6.07, 6.45) is 0.693. The maximum absolute atomic E-state index is 13.4. The van der Waals surface area contributed by atoms with Crippen molar-refractivity contribution in [3.63, 3.8) is 0 Å². The van der Waals surface area contributed by atoms with Gasteiger partial charge < -0.3 is 23.8 Å². The molecule has 1 aliphatic rings. The highest BCUT2D eigenvalue weighted by Crippen LogP contribution is 2.39. The first-order valence-corrected chi connectivity index (χ1v) is 11.0. The number of carbonyl (C=O) groups excluding carboxylic acids is 2. The van der Waals surface area contributed by atoms with Gasteiger partial charge in [-0.05, 0) is 66.1 Å². The number of esters is 1. The molecule has 176 valence electrons. The molecule has 0 saturated heterocycles. The lowest BCUT2D eigenvalue weighted by Crippen LogP contribution is -2.42. The van der Waals surface area contributed by atoms with Gasteiger partial charge in [0.15, 0.2) is 11.5 Å². The van der Waals surface area contributed by atoms with E-state index in [-0.39, 0.29) is 18.6 Å². The number of benzene rings is 3. The number of rotatable bonds is 7. The first-order valence-electron chi connectivity index (χ1n) is 11.0. The molecule has 0 radical (unpaired) electrons. The summed E-state index contributed by atoms with van der Waals surface area (Å²) in [5.41, 5.74) is 3.11. The number of ether oxygens (including phenoxy) is 4. The van der Waals surface area contributed by atoms with Crippen molar-refractivity contribution in [3.05, 3.63) is 89.0 Å². The third-order valence-corrected chi connectivity index (χ3v) is 5.97. The summed E-state index contributed by atoms with van der Waals surface area (Å²) in [4.78, 5) is 27.0. The fourth-order valence-electron chi connectivity index (χ4n) is 4.18. The zero-order valence-corrected chi connectivity index (χ0v) is 19.4. The fraction of sp³-hybridized carbons (Fsp3) is 0.259. The van der Waals surface area contributed by atoms with Crippen molar-refractivity contribution in [1.82, 2.24) is 4.90 Å². The van der Waals surface area contributed by atoms with Crippen LogP contribution >= 0.6 is 0 Å². The molecule has 1 aliphatic heterocycles. The van der Waals surface area contributed by atoms with Crippen molar-refractivity contribution in [3.8, 4) is 17.2 Å². The number of hydrogen-bond acceptors (Lipinski definition) is 6. The third kappa shape index (κ3) is 4.69. The topological polar surface area (TPSA) is 74.3 Å². The van der Waals surface area contributed by atoms with Crippen LogP contribution in [0, 0.1) is 0 Å². The summed E-state index contributed by atoms with van der Waals surface area (Å²) < 4.78 is 21.8. The van der Waals surface area contributed by atoms with E-state index in [1.54, 1.807) is 38.5 Å². The van der Waals surface area contributed by atoms with Crippen molar-refractivity contribution in [2.24, 2.45) is 0 Å². The van der Waals surface area contributed by atoms with Gasteiger partial charge in [-0.2, -0.15) is 0 Å². The van der Waals surface area contributed by atoms with Crippen molar-refractivity contribution in [1.29, 1.82) is 0 Å². The molecule has 0 N–H and O–H groups in total. The lowest BCUT2D eigenvalue weighted by molar-refractivity contribution is 0.0583. The van der Waals surface area contributed by atoms with Crippen molar-refractivity contribution < 1.29 is 28.5 Å². The molecule has 7 nitrogen and oxygen atoms in total. The van der Waals surface area contributed by atoms with Crippen molar-refractivity contribution in [2.45, 2.75) is 12.5 Å². The summed E-state index contributed by atoms with van der Waals surface area (Å²) in [7, 11) is 4.54. The van der Waals surface area contributed by atoms with Crippen LogP contribution in [0.4, 0.5) is 0 Å². The van der Waals surface area contributed by atoms with E-state index in [2.05, 4.69) is 0 Å². The Morgan fingerprint density at radius 1 is 0.882 bits per heavy atom. The van der Waals surface area contributed by atoms with Gasteiger partial charge >= 0.3 is 5.97 Å². The SMILES string of the molecule is COC(=O)c1ccc(OCC2c3cc(OC)c(OC)cc3CCN2C(=O)c2ccccc2)cc1. The van der Waals surface area contributed by atoms with E-state index >= 15 is 0 Å². The molecule has 0 fully saturated rings. The van der Waals surface area contributed by atoms with E-state index in [9.17, 15) is 9.59 Å². The van der Waals surface area contributed by atoms with E-state index in [4.69, 9.17) is 18.9 Å². The molecular weight excluding hydrogens is 434 g/mol. The number of nitrogens with zero attached hydrogens (tertiary/aromatic N) is 1. The zero-order valence-electron chi connectivity index (χ0n) is 19.4. The lowest BCUT2D eigenvalue weighted by atomic mass is 9.91. The van der Waals surface area contributed by atoms with Gasteiger partial charge in [-0.25, -0.2) is 4.79 Å². The number of amides is 1. The maximum atomic E-state index is 13.4. The zero-order chi connectivity index (χ0) is 24.1. The van der Waals surface area contributed by atoms with Gasteiger partial charge in [-0.3, -0.25) is 4.79 Å². The van der Waals surface area contributed by atoms with Crippen LogP contribution in [0.2, 0.25) is 0 Å². The molecule has 0 spiro atoms. The Kier molecular flexibility index (Phi) is 7.01. The highest BCUT2D eigenvalue weighted by Gasteiger charge is 2.33. The fourth-order valence-corrected chi connectivity index (χ4v) is 4.18. The number of hydrogen-bond donors (Lipinski definition) is 0. The maximum Gasteiger partial charge on any atom is 0.337 e. The summed E-state index contributed by atoms with van der Waals surface area (Å²) in [6.45, 7) is 0.782. The van der Waals surface area contributed by atoms with E-state index < -0.39 is 5.97 Å². The second kappa shape index (κ2) is 10.3. The number of carbonyl (C=O) groups is 2. The van der Waals surface area contributed by atoms with Gasteiger partial charge in [0.05, 0.1) is 32.9 Å². The highest BCUT2D eigenvalue weighted by molar-refractivity contribution is 5.94. The summed E-state index contributed by atoms with van der Waals surface area (Å²) in [6, 6.07) is 19.5. The average Bonchev–Trinajstić information content (AvgIpc) is 2.90. The molecule has 0 saturated carbocycles. The second-order valence-corrected chi connectivity index (χ2v) is 7.86. The molecule has 4 rings (SSSR count). The third-order valence-electron chi connectivity index (χ3n) is 5.97. The Labute approximate surface area is 198 Å². The summed E-state index contributed by atoms with van der Waals surface area (Å²) >= 11 is 0. The minimum atomic E-state index is -0.409. The molecule has 34 heavy (non-hydrogen) atoms. The molecule has 0 bridgehead atoms. The van der Waals surface area contributed by atoms with E-state index in [0.29, 0.717) is 41.3 Å². The second-order valence-electron chi connectivity index (χ2n) is 7.86. The standard InChI is InChI=1S/C27H27NO6/c1-31-24-15-20-13-14-28(26(29)18-7-5-4-6-8-18)23(22(20)16-25(24)32-2)17-34-21-11-9-19(10-12-21)27(30)33-3/h4-12,15-16,23H,13-14,17H2,1-3H3. The Balaban J connectivity index is 1.65. The molecule has 1 atom stereocenters. The predicted octanol–water partition coefficient (Wildman–Crippen LogP) is 4.31. The van der Waals surface area contributed by atoms with Crippen LogP contribution in [0.3, 0.4) is 0 Å². The molecule has 3 aromatic carbocycles. The monoisotopic (exact) mass is 461 g/mol. The normalized spacial score (nSPS) is 14.7. The van der Waals surface area contributed by atoms with E-state index in [1.165, 1.54) is 7.11 Å². The predicted molar refractivity (Wildman–Crippen MR) is 127 cm³/mol. The summed E-state index contributed by atoms with van der Waals surface area (Å²) in [5.74, 6) is 1.38. The van der Waals surface area contributed by atoms with Gasteiger partial charge in [-0.15, -0.1) is 0 Å². The number of fused-ring (bicyclic) bond motifs is 1. The molecule has 3 aromatic rings. The van der Waals surface area contributed by atoms with E-state index in [0.717, 1.165) is 11.1 Å². The van der Waals surface area contributed by atoms with Crippen molar-refractivity contribution >= 4 is 11.9 Å². The quantitative estimate of drug-likeness (QED) is 0.488. The molecule has 1 amide bonds. The molecule has 7 heteroatoms. The first-order chi connectivity index (χ1) is 16.5. The average molecular weight is 462 g/mol. The van der Waals surface area contributed by atoms with Gasteiger partial charge in [0.2, 0.25) is 0 Å². The minimum absolute atomic E-state index is 0.0596. The van der Waals surface area contributed by atoms with Crippen molar-refractivity contribution in [2.75, 3.05) is 34.5 Å². The van der Waals surface area contributed by atoms with Crippen LogP contribution < -0.4 is 14.2 Å². The smallest absolute Gasteiger partial charge is 0.337 e. The molecule has 0 aliphatic carbocycles. The first kappa shape index (κ1) is 23.2. The molecular formula is C27H27NO6. The van der Waals surface area contributed by atoms with Crippen LogP contribution in [0.25, 0.3) is 0 Å². The minimum Gasteiger partial charge on any atom is -0.493 e. The van der Waals surface area contributed by atoms with Gasteiger partial charge in [0.1, 0.15) is 12.4 Å². The van der Waals surface area contributed by atoms with Crippen LogP contribution in [0.5, 0.6) is 17.2 Å². The Morgan fingerprint density at radius 2 is 1.56 bits per heavy atom. The van der Waals surface area contributed by atoms with Gasteiger partial charge in [-0.1, -0.05) is 18.2 Å². The Bertz CT molecular complexity index is 1160. The Hall–Kier alpha value is -4.00. The van der Waals surface area contributed by atoms with Gasteiger partial charge in [0, 0.05) is 12.1 Å². The molecule has 0 aromatic heterocycles. The van der Waals surface area contributed by atoms with Crippen LogP contribution in [0.15, 0.2) is 66.7 Å². The number of methoxy groups -OCH3 is 3. The summed E-state index contributed by atoms with van der Waals surface area (Å²) in [5, 5.41) is 0. The van der Waals surface area contributed by atoms with E-state index in [1.807, 2.05) is 47.4 Å². The molecule has 1 heterocycles. The Morgan fingerprint density at radius 3 is 2.21 bits per heavy atom. The highest BCUT2D eigenvalue weighted by atomic mass is 16.5.